The lowest BCUT2D eigenvalue weighted by Crippen LogP contribution is -2.50. The van der Waals surface area contributed by atoms with Gasteiger partial charge in [0.2, 0.25) is 0 Å². The third-order valence-corrected chi connectivity index (χ3v) is 3.09. The Balaban J connectivity index is 1.96. The summed E-state index contributed by atoms with van der Waals surface area (Å²) in [7, 11) is 1.81. The molecule has 0 saturated carbocycles. The Kier molecular flexibility index (Phi) is 3.24. The van der Waals surface area contributed by atoms with Gasteiger partial charge in [0.25, 0.3) is 5.91 Å². The Hall–Kier alpha value is -1.36. The van der Waals surface area contributed by atoms with E-state index in [1.54, 1.807) is 16.9 Å². The van der Waals surface area contributed by atoms with Gasteiger partial charge in [0.1, 0.15) is 5.69 Å². The zero-order valence-electron chi connectivity index (χ0n) is 9.73. The van der Waals surface area contributed by atoms with Crippen molar-refractivity contribution in [2.45, 2.75) is 19.4 Å². The molecular weight excluding hydrogens is 204 g/mol. The molecule has 1 aromatic rings. The first-order chi connectivity index (χ1) is 7.66. The van der Waals surface area contributed by atoms with E-state index in [9.17, 15) is 4.79 Å². The van der Waals surface area contributed by atoms with Crippen LogP contribution in [0.15, 0.2) is 12.3 Å². The second kappa shape index (κ2) is 4.65. The Labute approximate surface area is 95.2 Å². The Morgan fingerprint density at radius 3 is 3.12 bits per heavy atom. The first kappa shape index (κ1) is 11.1. The van der Waals surface area contributed by atoms with Crippen molar-refractivity contribution in [1.29, 1.82) is 0 Å². The van der Waals surface area contributed by atoms with Gasteiger partial charge < -0.3 is 10.6 Å². The quantitative estimate of drug-likeness (QED) is 0.748. The fraction of sp³-hybridized carbons (Fsp3) is 0.636. The fourth-order valence-electron chi connectivity index (χ4n) is 1.96. The summed E-state index contributed by atoms with van der Waals surface area (Å²) in [6.45, 7) is 4.06. The van der Waals surface area contributed by atoms with Crippen LogP contribution in [0.1, 0.15) is 23.8 Å². The van der Waals surface area contributed by atoms with E-state index in [1.165, 1.54) is 0 Å². The molecule has 16 heavy (non-hydrogen) atoms. The number of aromatic nitrogens is 2. The van der Waals surface area contributed by atoms with Crippen molar-refractivity contribution in [3.63, 3.8) is 0 Å². The highest BCUT2D eigenvalue weighted by Gasteiger charge is 2.23. The molecule has 0 aromatic carbocycles. The summed E-state index contributed by atoms with van der Waals surface area (Å²) in [6, 6.07) is 1.94. The van der Waals surface area contributed by atoms with E-state index in [4.69, 9.17) is 0 Å². The van der Waals surface area contributed by atoms with Crippen LogP contribution in [0.5, 0.6) is 0 Å². The van der Waals surface area contributed by atoms with E-state index in [-0.39, 0.29) is 11.9 Å². The zero-order valence-corrected chi connectivity index (χ0v) is 9.73. The molecule has 2 atom stereocenters. The number of nitrogens with one attached hydrogen (secondary N) is 2. The number of piperidine rings is 1. The number of hydrogen-bond donors (Lipinski definition) is 2. The third kappa shape index (κ3) is 2.41. The molecule has 1 fully saturated rings. The monoisotopic (exact) mass is 222 g/mol. The number of amides is 1. The van der Waals surface area contributed by atoms with Crippen LogP contribution in [0, 0.1) is 5.92 Å². The molecule has 1 aromatic heterocycles. The van der Waals surface area contributed by atoms with Crippen LogP contribution < -0.4 is 10.6 Å². The molecule has 0 bridgehead atoms. The van der Waals surface area contributed by atoms with Gasteiger partial charge in [-0.15, -0.1) is 0 Å². The molecule has 2 N–H and O–H groups in total. The second-order valence-electron chi connectivity index (χ2n) is 4.42. The predicted molar refractivity (Wildman–Crippen MR) is 61.1 cm³/mol. The predicted octanol–water partition coefficient (Wildman–Crippen LogP) is 0.148. The highest BCUT2D eigenvalue weighted by molar-refractivity contribution is 5.92. The Morgan fingerprint density at radius 2 is 2.50 bits per heavy atom. The number of carbonyl (C=O) groups is 1. The van der Waals surface area contributed by atoms with Crippen molar-refractivity contribution in [3.05, 3.63) is 18.0 Å². The van der Waals surface area contributed by atoms with Crippen LogP contribution in [-0.2, 0) is 7.05 Å². The molecule has 2 rings (SSSR count). The van der Waals surface area contributed by atoms with Crippen molar-refractivity contribution in [2.24, 2.45) is 13.0 Å². The molecule has 1 amide bonds. The van der Waals surface area contributed by atoms with Gasteiger partial charge in [-0.25, -0.2) is 0 Å². The normalized spacial score (nSPS) is 25.4. The SMILES string of the molecule is CC1CCNCC1NC(=O)c1ccn(C)n1. The molecule has 5 nitrogen and oxygen atoms in total. The number of rotatable bonds is 2. The van der Waals surface area contributed by atoms with Gasteiger partial charge in [0.15, 0.2) is 0 Å². The van der Waals surface area contributed by atoms with E-state index in [0.29, 0.717) is 11.6 Å². The van der Waals surface area contributed by atoms with E-state index < -0.39 is 0 Å². The topological polar surface area (TPSA) is 58.9 Å². The van der Waals surface area contributed by atoms with Crippen LogP contribution in [0.25, 0.3) is 0 Å². The molecular formula is C11H18N4O. The molecule has 2 heterocycles. The van der Waals surface area contributed by atoms with E-state index in [1.807, 2.05) is 7.05 Å². The fourth-order valence-corrected chi connectivity index (χ4v) is 1.96. The number of hydrogen-bond acceptors (Lipinski definition) is 3. The molecule has 1 saturated heterocycles. The van der Waals surface area contributed by atoms with E-state index in [0.717, 1.165) is 19.5 Å². The van der Waals surface area contributed by atoms with E-state index in [2.05, 4.69) is 22.7 Å². The highest BCUT2D eigenvalue weighted by Crippen LogP contribution is 2.11. The average Bonchev–Trinajstić information content (AvgIpc) is 2.68. The summed E-state index contributed by atoms with van der Waals surface area (Å²) in [6.07, 6.45) is 2.88. The third-order valence-electron chi connectivity index (χ3n) is 3.09. The Bertz CT molecular complexity index is 374. The Morgan fingerprint density at radius 1 is 1.69 bits per heavy atom. The van der Waals surface area contributed by atoms with Crippen LogP contribution in [0.2, 0.25) is 0 Å². The number of carbonyl (C=O) groups excluding carboxylic acids is 1. The highest BCUT2D eigenvalue weighted by atomic mass is 16.2. The maximum Gasteiger partial charge on any atom is 0.272 e. The van der Waals surface area contributed by atoms with E-state index >= 15 is 0 Å². The number of nitrogens with zero attached hydrogens (tertiary/aromatic N) is 2. The van der Waals surface area contributed by atoms with Crippen LogP contribution in [-0.4, -0.2) is 34.8 Å². The van der Waals surface area contributed by atoms with Gasteiger partial charge in [-0.1, -0.05) is 6.92 Å². The molecule has 0 radical (unpaired) electrons. The minimum Gasteiger partial charge on any atom is -0.346 e. The van der Waals surface area contributed by atoms with Gasteiger partial charge in [0.05, 0.1) is 0 Å². The maximum absolute atomic E-state index is 11.9. The van der Waals surface area contributed by atoms with Crippen LogP contribution in [0.3, 0.4) is 0 Å². The molecule has 0 aliphatic carbocycles. The summed E-state index contributed by atoms with van der Waals surface area (Å²) in [5.41, 5.74) is 0.486. The zero-order chi connectivity index (χ0) is 11.5. The van der Waals surface area contributed by atoms with Gasteiger partial charge in [0, 0.05) is 25.8 Å². The lowest BCUT2D eigenvalue weighted by atomic mass is 9.95. The van der Waals surface area contributed by atoms with Crippen molar-refractivity contribution in [2.75, 3.05) is 13.1 Å². The minimum absolute atomic E-state index is 0.0823. The van der Waals surface area contributed by atoms with Crippen molar-refractivity contribution < 1.29 is 4.79 Å². The summed E-state index contributed by atoms with van der Waals surface area (Å²) in [4.78, 5) is 11.9. The lowest BCUT2D eigenvalue weighted by Gasteiger charge is -2.29. The largest absolute Gasteiger partial charge is 0.346 e. The van der Waals surface area contributed by atoms with Crippen molar-refractivity contribution >= 4 is 5.91 Å². The van der Waals surface area contributed by atoms with Crippen LogP contribution >= 0.6 is 0 Å². The first-order valence-electron chi connectivity index (χ1n) is 5.68. The van der Waals surface area contributed by atoms with Crippen molar-refractivity contribution in [1.82, 2.24) is 20.4 Å². The first-order valence-corrected chi connectivity index (χ1v) is 5.68. The summed E-state index contributed by atoms with van der Waals surface area (Å²) in [5, 5.41) is 10.4. The molecule has 88 valence electrons. The molecule has 0 spiro atoms. The smallest absolute Gasteiger partial charge is 0.272 e. The van der Waals surface area contributed by atoms with Gasteiger partial charge >= 0.3 is 0 Å². The minimum atomic E-state index is -0.0823. The van der Waals surface area contributed by atoms with Crippen molar-refractivity contribution in [3.8, 4) is 0 Å². The maximum atomic E-state index is 11.9. The average molecular weight is 222 g/mol. The molecule has 5 heteroatoms. The standard InChI is InChI=1S/C11H18N4O/c1-8-3-5-12-7-10(8)13-11(16)9-4-6-15(2)14-9/h4,6,8,10,12H,3,5,7H2,1-2H3,(H,13,16). The second-order valence-corrected chi connectivity index (χ2v) is 4.42. The summed E-state index contributed by atoms with van der Waals surface area (Å²) in [5.74, 6) is 0.440. The van der Waals surface area contributed by atoms with Gasteiger partial charge in [-0.2, -0.15) is 5.10 Å². The number of aryl methyl sites for hydroxylation is 1. The van der Waals surface area contributed by atoms with Gasteiger partial charge in [-0.05, 0) is 24.9 Å². The summed E-state index contributed by atoms with van der Waals surface area (Å²) >= 11 is 0. The van der Waals surface area contributed by atoms with Crippen LogP contribution in [0.4, 0.5) is 0 Å². The van der Waals surface area contributed by atoms with Gasteiger partial charge in [-0.3, -0.25) is 9.48 Å². The molecule has 2 unspecified atom stereocenters. The lowest BCUT2D eigenvalue weighted by molar-refractivity contribution is 0.0909. The molecule has 1 aliphatic rings. The molecule has 1 aliphatic heterocycles. The summed E-state index contributed by atoms with van der Waals surface area (Å²) < 4.78 is 1.64.